The molecule has 0 unspecified atom stereocenters. The second kappa shape index (κ2) is 7.86. The van der Waals surface area contributed by atoms with Gasteiger partial charge in [0.2, 0.25) is 11.0 Å². The van der Waals surface area contributed by atoms with Gasteiger partial charge in [0.25, 0.3) is 5.91 Å². The highest BCUT2D eigenvalue weighted by Crippen LogP contribution is 2.16. The van der Waals surface area contributed by atoms with Gasteiger partial charge < -0.3 is 10.6 Å². The summed E-state index contributed by atoms with van der Waals surface area (Å²) in [5, 5.41) is 14.9. The van der Waals surface area contributed by atoms with Crippen molar-refractivity contribution in [3.8, 4) is 0 Å². The van der Waals surface area contributed by atoms with Crippen molar-refractivity contribution in [2.45, 2.75) is 19.8 Å². The molecular weight excluding hydrogens is 324 g/mol. The molecule has 0 atom stereocenters. The molecule has 0 aliphatic carbocycles. The maximum atomic E-state index is 12.0. The van der Waals surface area contributed by atoms with Crippen LogP contribution in [-0.4, -0.2) is 28.6 Å². The highest BCUT2D eigenvalue weighted by atomic mass is 35.5. The number of benzene rings is 1. The van der Waals surface area contributed by atoms with Crippen molar-refractivity contribution in [2.24, 2.45) is 0 Å². The highest BCUT2D eigenvalue weighted by molar-refractivity contribution is 7.15. The Bertz CT molecular complexity index is 674. The zero-order valence-corrected chi connectivity index (χ0v) is 13.5. The molecule has 8 heteroatoms. The third-order valence-electron chi connectivity index (χ3n) is 2.78. The maximum Gasteiger partial charge on any atom is 0.252 e. The Morgan fingerprint density at radius 3 is 2.77 bits per heavy atom. The number of nitrogens with one attached hydrogen (secondary N) is 2. The third kappa shape index (κ3) is 4.51. The Morgan fingerprint density at radius 2 is 2.05 bits per heavy atom. The molecule has 6 nitrogen and oxygen atoms in total. The fourth-order valence-electron chi connectivity index (χ4n) is 1.64. The van der Waals surface area contributed by atoms with Gasteiger partial charge in [0.15, 0.2) is 0 Å². The van der Waals surface area contributed by atoms with E-state index < -0.39 is 0 Å². The molecule has 1 aromatic carbocycles. The molecule has 2 aromatic rings. The SMILES string of the molecule is CCC(=O)Nc1nnc(CCNC(=O)c2ccccc2Cl)s1. The molecule has 1 aromatic heterocycles. The van der Waals surface area contributed by atoms with Gasteiger partial charge in [-0.3, -0.25) is 9.59 Å². The number of anilines is 1. The number of aromatic nitrogens is 2. The van der Waals surface area contributed by atoms with E-state index in [1.54, 1.807) is 31.2 Å². The van der Waals surface area contributed by atoms with Crippen molar-refractivity contribution >= 4 is 39.9 Å². The summed E-state index contributed by atoms with van der Waals surface area (Å²) in [7, 11) is 0. The lowest BCUT2D eigenvalue weighted by atomic mass is 10.2. The van der Waals surface area contributed by atoms with Crippen LogP contribution in [0.1, 0.15) is 28.7 Å². The summed E-state index contributed by atoms with van der Waals surface area (Å²) in [5.74, 6) is -0.329. The summed E-state index contributed by atoms with van der Waals surface area (Å²) in [6, 6.07) is 6.87. The van der Waals surface area contributed by atoms with Crippen molar-refractivity contribution < 1.29 is 9.59 Å². The summed E-state index contributed by atoms with van der Waals surface area (Å²) >= 11 is 7.25. The van der Waals surface area contributed by atoms with Crippen molar-refractivity contribution in [3.05, 3.63) is 39.9 Å². The summed E-state index contributed by atoms with van der Waals surface area (Å²) in [6.45, 7) is 2.18. The molecule has 0 saturated heterocycles. The number of halogens is 1. The zero-order chi connectivity index (χ0) is 15.9. The number of hydrogen-bond acceptors (Lipinski definition) is 5. The lowest BCUT2D eigenvalue weighted by molar-refractivity contribution is -0.115. The smallest absolute Gasteiger partial charge is 0.252 e. The summed E-state index contributed by atoms with van der Waals surface area (Å²) in [6.07, 6.45) is 0.929. The van der Waals surface area contributed by atoms with E-state index in [1.807, 2.05) is 0 Å². The van der Waals surface area contributed by atoms with Gasteiger partial charge in [-0.2, -0.15) is 0 Å². The first-order chi connectivity index (χ1) is 10.6. The standard InChI is InChI=1S/C14H15ClN4O2S/c1-2-11(20)17-14-19-18-12(22-14)7-8-16-13(21)9-5-3-4-6-10(9)15/h3-6H,2,7-8H2,1H3,(H,16,21)(H,17,19,20). The molecule has 0 spiro atoms. The first-order valence-electron chi connectivity index (χ1n) is 6.75. The van der Waals surface area contributed by atoms with Crippen LogP contribution in [0.5, 0.6) is 0 Å². The minimum absolute atomic E-state index is 0.102. The van der Waals surface area contributed by atoms with Gasteiger partial charge in [0.1, 0.15) is 5.01 Å². The predicted octanol–water partition coefficient (Wildman–Crippen LogP) is 2.51. The van der Waals surface area contributed by atoms with Crippen LogP contribution in [0.2, 0.25) is 5.02 Å². The normalized spacial score (nSPS) is 10.3. The average molecular weight is 339 g/mol. The molecule has 0 radical (unpaired) electrons. The Kier molecular flexibility index (Phi) is 5.85. The molecular formula is C14H15ClN4O2S. The van der Waals surface area contributed by atoms with E-state index in [0.717, 1.165) is 5.01 Å². The molecule has 2 amide bonds. The van der Waals surface area contributed by atoms with Crippen LogP contribution in [-0.2, 0) is 11.2 Å². The fraction of sp³-hybridized carbons (Fsp3) is 0.286. The molecule has 0 bridgehead atoms. The Balaban J connectivity index is 1.83. The molecule has 0 fully saturated rings. The van der Waals surface area contributed by atoms with Crippen molar-refractivity contribution in [1.82, 2.24) is 15.5 Å². The van der Waals surface area contributed by atoms with Crippen LogP contribution < -0.4 is 10.6 Å². The Morgan fingerprint density at radius 1 is 1.27 bits per heavy atom. The molecule has 1 heterocycles. The van der Waals surface area contributed by atoms with Crippen LogP contribution in [0.15, 0.2) is 24.3 Å². The molecule has 0 aliphatic rings. The van der Waals surface area contributed by atoms with Gasteiger partial charge in [0.05, 0.1) is 10.6 Å². The number of nitrogens with zero attached hydrogens (tertiary/aromatic N) is 2. The van der Waals surface area contributed by atoms with Gasteiger partial charge in [-0.1, -0.05) is 42.0 Å². The van der Waals surface area contributed by atoms with Crippen molar-refractivity contribution in [2.75, 3.05) is 11.9 Å². The molecule has 0 aliphatic heterocycles. The minimum Gasteiger partial charge on any atom is -0.352 e. The minimum atomic E-state index is -0.227. The second-order valence-corrected chi connectivity index (χ2v) is 5.86. The average Bonchev–Trinajstić information content (AvgIpc) is 2.94. The van der Waals surface area contributed by atoms with E-state index >= 15 is 0 Å². The second-order valence-electron chi connectivity index (χ2n) is 4.39. The van der Waals surface area contributed by atoms with Crippen molar-refractivity contribution in [3.63, 3.8) is 0 Å². The van der Waals surface area contributed by atoms with Crippen LogP contribution in [0, 0.1) is 0 Å². The van der Waals surface area contributed by atoms with Gasteiger partial charge >= 0.3 is 0 Å². The molecule has 2 N–H and O–H groups in total. The van der Waals surface area contributed by atoms with Gasteiger partial charge in [0, 0.05) is 19.4 Å². The first-order valence-corrected chi connectivity index (χ1v) is 7.94. The van der Waals surface area contributed by atoms with Gasteiger partial charge in [-0.05, 0) is 12.1 Å². The first kappa shape index (κ1) is 16.4. The van der Waals surface area contributed by atoms with Crippen molar-refractivity contribution in [1.29, 1.82) is 0 Å². The fourth-order valence-corrected chi connectivity index (χ4v) is 2.61. The number of rotatable bonds is 6. The number of hydrogen-bond donors (Lipinski definition) is 2. The highest BCUT2D eigenvalue weighted by Gasteiger charge is 2.10. The lowest BCUT2D eigenvalue weighted by Crippen LogP contribution is -2.25. The Hall–Kier alpha value is -1.99. The maximum absolute atomic E-state index is 12.0. The summed E-state index contributed by atoms with van der Waals surface area (Å²) in [5.41, 5.74) is 0.442. The van der Waals surface area contributed by atoms with Gasteiger partial charge in [-0.25, -0.2) is 0 Å². The van der Waals surface area contributed by atoms with E-state index in [0.29, 0.717) is 35.1 Å². The van der Waals surface area contributed by atoms with E-state index in [-0.39, 0.29) is 11.8 Å². The third-order valence-corrected chi connectivity index (χ3v) is 4.01. The van der Waals surface area contributed by atoms with Crippen LogP contribution in [0.4, 0.5) is 5.13 Å². The number of amides is 2. The van der Waals surface area contributed by atoms with E-state index in [4.69, 9.17) is 11.6 Å². The summed E-state index contributed by atoms with van der Waals surface area (Å²) < 4.78 is 0. The van der Waals surface area contributed by atoms with Crippen LogP contribution >= 0.6 is 22.9 Å². The van der Waals surface area contributed by atoms with Gasteiger partial charge in [-0.15, -0.1) is 10.2 Å². The largest absolute Gasteiger partial charge is 0.352 e. The van der Waals surface area contributed by atoms with Crippen LogP contribution in [0.3, 0.4) is 0 Å². The molecule has 116 valence electrons. The molecule has 22 heavy (non-hydrogen) atoms. The molecule has 0 saturated carbocycles. The van der Waals surface area contributed by atoms with E-state index in [1.165, 1.54) is 11.3 Å². The Labute approximate surface area is 136 Å². The number of carbonyl (C=O) groups excluding carboxylic acids is 2. The van der Waals surface area contributed by atoms with E-state index in [9.17, 15) is 9.59 Å². The predicted molar refractivity (Wildman–Crippen MR) is 86.3 cm³/mol. The monoisotopic (exact) mass is 338 g/mol. The lowest BCUT2D eigenvalue weighted by Gasteiger charge is -2.05. The van der Waals surface area contributed by atoms with E-state index in [2.05, 4.69) is 20.8 Å². The van der Waals surface area contributed by atoms with Crippen LogP contribution in [0.25, 0.3) is 0 Å². The molecule has 2 rings (SSSR count). The summed E-state index contributed by atoms with van der Waals surface area (Å²) in [4.78, 5) is 23.2. The zero-order valence-electron chi connectivity index (χ0n) is 11.9. The number of carbonyl (C=O) groups is 2. The topological polar surface area (TPSA) is 84.0 Å². The quantitative estimate of drug-likeness (QED) is 0.847.